The lowest BCUT2D eigenvalue weighted by Crippen LogP contribution is -2.44. The third-order valence-electron chi connectivity index (χ3n) is 5.64. The van der Waals surface area contributed by atoms with E-state index in [-0.39, 0.29) is 12.2 Å². The minimum atomic E-state index is 0.0106. The zero-order valence-corrected chi connectivity index (χ0v) is 18.0. The number of aryl methyl sites for hydroxylation is 1. The van der Waals surface area contributed by atoms with Crippen LogP contribution < -0.4 is 4.90 Å². The molecule has 0 atom stereocenters. The number of pyridine rings is 3. The van der Waals surface area contributed by atoms with Crippen LogP contribution >= 0.6 is 0 Å². The lowest BCUT2D eigenvalue weighted by Gasteiger charge is -2.33. The molecule has 1 aliphatic heterocycles. The SMILES string of the molecule is Cc1nnc(-c2cc3cc(CC(=O)c4ccnc(N5CCN(C)CC5)c4)ncc3cn2)o1. The molecule has 0 saturated carbocycles. The molecule has 0 spiro atoms. The van der Waals surface area contributed by atoms with Crippen molar-refractivity contribution in [3.63, 3.8) is 0 Å². The number of nitrogens with zero attached hydrogens (tertiary/aromatic N) is 7. The molecule has 0 radical (unpaired) electrons. The largest absolute Gasteiger partial charge is 0.420 e. The molecule has 1 fully saturated rings. The van der Waals surface area contributed by atoms with E-state index in [1.54, 1.807) is 31.6 Å². The molecule has 5 rings (SSSR count). The van der Waals surface area contributed by atoms with Gasteiger partial charge in [0.1, 0.15) is 11.5 Å². The van der Waals surface area contributed by atoms with Crippen LogP contribution in [-0.4, -0.2) is 69.1 Å². The van der Waals surface area contributed by atoms with E-state index < -0.39 is 0 Å². The fraction of sp³-hybridized carbons (Fsp3) is 0.304. The van der Waals surface area contributed by atoms with Crippen LogP contribution in [0.15, 0.2) is 47.3 Å². The van der Waals surface area contributed by atoms with E-state index in [0.29, 0.717) is 28.7 Å². The first-order chi connectivity index (χ1) is 15.5. The summed E-state index contributed by atoms with van der Waals surface area (Å²) in [6.45, 7) is 5.52. The van der Waals surface area contributed by atoms with Gasteiger partial charge in [0.25, 0.3) is 5.89 Å². The number of anilines is 1. The summed E-state index contributed by atoms with van der Waals surface area (Å²) in [5, 5.41) is 9.67. The highest BCUT2D eigenvalue weighted by Crippen LogP contribution is 2.22. The van der Waals surface area contributed by atoms with E-state index in [1.165, 1.54) is 0 Å². The summed E-state index contributed by atoms with van der Waals surface area (Å²) in [6.07, 6.45) is 5.36. The number of rotatable bonds is 5. The van der Waals surface area contributed by atoms with Gasteiger partial charge in [-0.25, -0.2) is 4.98 Å². The van der Waals surface area contributed by atoms with Crippen LogP contribution in [0.2, 0.25) is 0 Å². The second-order valence-corrected chi connectivity index (χ2v) is 8.01. The van der Waals surface area contributed by atoms with Crippen LogP contribution in [0.3, 0.4) is 0 Å². The molecule has 32 heavy (non-hydrogen) atoms. The molecule has 9 heteroatoms. The quantitative estimate of drug-likeness (QED) is 0.443. The zero-order chi connectivity index (χ0) is 22.1. The van der Waals surface area contributed by atoms with Gasteiger partial charge in [0, 0.05) is 68.3 Å². The number of aromatic nitrogens is 5. The molecule has 9 nitrogen and oxygen atoms in total. The Morgan fingerprint density at radius 3 is 2.59 bits per heavy atom. The van der Waals surface area contributed by atoms with Crippen molar-refractivity contribution in [1.29, 1.82) is 0 Å². The van der Waals surface area contributed by atoms with Crippen molar-refractivity contribution in [2.75, 3.05) is 38.1 Å². The summed E-state index contributed by atoms with van der Waals surface area (Å²) in [7, 11) is 2.11. The van der Waals surface area contributed by atoms with Gasteiger partial charge < -0.3 is 14.2 Å². The molecular weight excluding hydrogens is 406 g/mol. The number of hydrogen-bond acceptors (Lipinski definition) is 9. The maximum atomic E-state index is 13.0. The van der Waals surface area contributed by atoms with Crippen LogP contribution in [0.1, 0.15) is 21.9 Å². The Balaban J connectivity index is 1.36. The maximum Gasteiger partial charge on any atom is 0.266 e. The van der Waals surface area contributed by atoms with Crippen molar-refractivity contribution in [3.8, 4) is 11.6 Å². The van der Waals surface area contributed by atoms with Gasteiger partial charge in [0.2, 0.25) is 5.89 Å². The van der Waals surface area contributed by atoms with Crippen molar-refractivity contribution >= 4 is 22.4 Å². The number of carbonyl (C=O) groups excluding carboxylic acids is 1. The number of fused-ring (bicyclic) bond motifs is 1. The zero-order valence-electron chi connectivity index (χ0n) is 18.0. The first kappa shape index (κ1) is 20.2. The maximum absolute atomic E-state index is 13.0. The van der Waals surface area contributed by atoms with Crippen LogP contribution in [0.4, 0.5) is 5.82 Å². The molecule has 0 aromatic carbocycles. The summed E-state index contributed by atoms with van der Waals surface area (Å²) in [5.74, 6) is 1.71. The average molecular weight is 429 g/mol. The van der Waals surface area contributed by atoms with Crippen molar-refractivity contribution in [2.45, 2.75) is 13.3 Å². The van der Waals surface area contributed by atoms with Gasteiger partial charge >= 0.3 is 0 Å². The Bertz CT molecular complexity index is 1280. The smallest absolute Gasteiger partial charge is 0.266 e. The number of Topliss-reactive ketones (excluding diaryl/α,β-unsaturated/α-hetero) is 1. The van der Waals surface area contributed by atoms with Crippen LogP contribution in [-0.2, 0) is 6.42 Å². The van der Waals surface area contributed by atoms with Gasteiger partial charge in [0.15, 0.2) is 5.78 Å². The number of hydrogen-bond donors (Lipinski definition) is 0. The number of piperazine rings is 1. The summed E-state index contributed by atoms with van der Waals surface area (Å²) < 4.78 is 5.47. The number of carbonyl (C=O) groups is 1. The van der Waals surface area contributed by atoms with E-state index in [9.17, 15) is 4.79 Å². The number of ketones is 1. The Labute approximate surface area is 185 Å². The van der Waals surface area contributed by atoms with Crippen LogP contribution in [0, 0.1) is 6.92 Å². The first-order valence-corrected chi connectivity index (χ1v) is 10.5. The van der Waals surface area contributed by atoms with Gasteiger partial charge in [-0.2, -0.15) is 0 Å². The second-order valence-electron chi connectivity index (χ2n) is 8.01. The molecule has 0 aliphatic carbocycles. The second kappa shape index (κ2) is 8.43. The highest BCUT2D eigenvalue weighted by atomic mass is 16.4. The monoisotopic (exact) mass is 429 g/mol. The van der Waals surface area contributed by atoms with Gasteiger partial charge in [0.05, 0.1) is 6.42 Å². The standard InChI is InChI=1S/C23H23N7O2/c1-15-27-28-23(32-15)20-10-17-9-19(25-13-18(17)14-26-20)12-21(31)16-3-4-24-22(11-16)30-7-5-29(2)6-8-30/h3-4,9-11,13-14H,5-8,12H2,1-2H3. The molecule has 4 aromatic heterocycles. The molecule has 0 amide bonds. The molecular formula is C23H23N7O2. The van der Waals surface area contributed by atoms with E-state index in [0.717, 1.165) is 42.8 Å². The molecule has 1 saturated heterocycles. The lowest BCUT2D eigenvalue weighted by molar-refractivity contribution is 0.0992. The molecule has 4 aromatic rings. The Morgan fingerprint density at radius 2 is 1.81 bits per heavy atom. The van der Waals surface area contributed by atoms with Crippen molar-refractivity contribution in [3.05, 3.63) is 60.0 Å². The normalized spacial score (nSPS) is 14.8. The molecule has 0 N–H and O–H groups in total. The van der Waals surface area contributed by atoms with Gasteiger partial charge in [-0.1, -0.05) is 0 Å². The van der Waals surface area contributed by atoms with E-state index >= 15 is 0 Å². The van der Waals surface area contributed by atoms with E-state index in [4.69, 9.17) is 4.42 Å². The Morgan fingerprint density at radius 1 is 1.00 bits per heavy atom. The van der Waals surface area contributed by atoms with Crippen LogP contribution in [0.5, 0.6) is 0 Å². The number of likely N-dealkylation sites (N-methyl/N-ethyl adjacent to an activating group) is 1. The topological polar surface area (TPSA) is 101 Å². The van der Waals surface area contributed by atoms with Crippen LogP contribution in [0.25, 0.3) is 22.4 Å². The summed E-state index contributed by atoms with van der Waals surface area (Å²) >= 11 is 0. The third kappa shape index (κ3) is 4.19. The fourth-order valence-corrected chi connectivity index (χ4v) is 3.76. The van der Waals surface area contributed by atoms with Crippen molar-refractivity contribution in [1.82, 2.24) is 30.0 Å². The third-order valence-corrected chi connectivity index (χ3v) is 5.64. The van der Waals surface area contributed by atoms with Gasteiger partial charge in [-0.05, 0) is 36.7 Å². The van der Waals surface area contributed by atoms with Crippen molar-refractivity contribution < 1.29 is 9.21 Å². The first-order valence-electron chi connectivity index (χ1n) is 10.5. The van der Waals surface area contributed by atoms with Crippen molar-refractivity contribution in [2.24, 2.45) is 0 Å². The Kier molecular flexibility index (Phi) is 5.32. The summed E-state index contributed by atoms with van der Waals surface area (Å²) in [4.78, 5) is 30.8. The Hall–Kier alpha value is -3.72. The summed E-state index contributed by atoms with van der Waals surface area (Å²) in [5.41, 5.74) is 1.93. The molecule has 162 valence electrons. The fourth-order valence-electron chi connectivity index (χ4n) is 3.76. The predicted molar refractivity (Wildman–Crippen MR) is 120 cm³/mol. The lowest BCUT2D eigenvalue weighted by atomic mass is 10.1. The molecule has 0 bridgehead atoms. The van der Waals surface area contributed by atoms with Gasteiger partial charge in [-0.15, -0.1) is 10.2 Å². The van der Waals surface area contributed by atoms with E-state index in [1.807, 2.05) is 18.2 Å². The molecule has 1 aliphatic rings. The molecule has 0 unspecified atom stereocenters. The predicted octanol–water partition coefficient (Wildman–Crippen LogP) is 2.56. The minimum Gasteiger partial charge on any atom is -0.420 e. The minimum absolute atomic E-state index is 0.0106. The van der Waals surface area contributed by atoms with E-state index in [2.05, 4.69) is 42.0 Å². The average Bonchev–Trinajstić information content (AvgIpc) is 3.25. The molecule has 5 heterocycles. The highest BCUT2D eigenvalue weighted by molar-refractivity contribution is 5.98. The van der Waals surface area contributed by atoms with Gasteiger partial charge in [-0.3, -0.25) is 14.8 Å². The summed E-state index contributed by atoms with van der Waals surface area (Å²) in [6, 6.07) is 7.43. The highest BCUT2D eigenvalue weighted by Gasteiger charge is 2.17.